The highest BCUT2D eigenvalue weighted by Gasteiger charge is 2.29. The number of carboxylic acid groups (broad SMARTS) is 1. The number of aryl methyl sites for hydroxylation is 1. The number of ether oxygens (including phenoxy) is 1. The van der Waals surface area contributed by atoms with Crippen molar-refractivity contribution in [3.63, 3.8) is 0 Å². The lowest BCUT2D eigenvalue weighted by Crippen LogP contribution is -2.44. The van der Waals surface area contributed by atoms with Gasteiger partial charge in [-0.05, 0) is 18.2 Å². The molecule has 0 amide bonds. The standard InChI is InChI=1S/C18H24N6O.CH2O2/c1-18(2,13-23-8-10-25-11-9-23)17-19-6-7-24(17)14-4-5-16-15(12-14)20-21-22(16)3;2-1-3/h4-7,12H,8-11,13H2,1-3H3;1H,(H,2,3). The summed E-state index contributed by atoms with van der Waals surface area (Å²) in [5.41, 5.74) is 2.91. The molecule has 0 unspecified atom stereocenters. The average molecular weight is 386 g/mol. The molecule has 0 saturated carbocycles. The van der Waals surface area contributed by atoms with Crippen molar-refractivity contribution in [2.24, 2.45) is 7.05 Å². The number of hydrogen-bond donors (Lipinski definition) is 1. The second-order valence-corrected chi connectivity index (χ2v) is 7.38. The molecule has 0 spiro atoms. The fourth-order valence-electron chi connectivity index (χ4n) is 3.58. The number of fused-ring (bicyclic) bond motifs is 1. The molecule has 1 aromatic carbocycles. The van der Waals surface area contributed by atoms with Crippen LogP contribution in [0.15, 0.2) is 30.6 Å². The highest BCUT2D eigenvalue weighted by Crippen LogP contribution is 2.27. The molecule has 0 radical (unpaired) electrons. The molecule has 1 saturated heterocycles. The molecule has 3 heterocycles. The quantitative estimate of drug-likeness (QED) is 0.678. The van der Waals surface area contributed by atoms with E-state index in [0.717, 1.165) is 55.4 Å². The van der Waals surface area contributed by atoms with Gasteiger partial charge in [-0.1, -0.05) is 19.1 Å². The molecule has 9 heteroatoms. The van der Waals surface area contributed by atoms with E-state index in [4.69, 9.17) is 14.6 Å². The molecule has 1 N–H and O–H groups in total. The summed E-state index contributed by atoms with van der Waals surface area (Å²) in [7, 11) is 1.91. The van der Waals surface area contributed by atoms with Crippen molar-refractivity contribution in [3.05, 3.63) is 36.4 Å². The number of aromatic nitrogens is 5. The van der Waals surface area contributed by atoms with Crippen molar-refractivity contribution >= 4 is 17.5 Å². The zero-order valence-electron chi connectivity index (χ0n) is 16.4. The Morgan fingerprint density at radius 1 is 1.29 bits per heavy atom. The number of benzene rings is 1. The SMILES string of the molecule is Cn1nnc2cc(-n3ccnc3C(C)(C)CN3CCOCC3)ccc21.O=CO. The van der Waals surface area contributed by atoms with E-state index in [1.807, 2.05) is 19.4 Å². The first kappa shape index (κ1) is 20.0. The summed E-state index contributed by atoms with van der Waals surface area (Å²) in [6.07, 6.45) is 3.89. The summed E-state index contributed by atoms with van der Waals surface area (Å²) in [5, 5.41) is 15.2. The number of imidazole rings is 1. The van der Waals surface area contributed by atoms with Crippen LogP contribution < -0.4 is 0 Å². The third-order valence-corrected chi connectivity index (χ3v) is 4.84. The Balaban J connectivity index is 0.000000706. The average Bonchev–Trinajstić information content (AvgIpc) is 3.30. The minimum absolute atomic E-state index is 0.0713. The van der Waals surface area contributed by atoms with E-state index in [1.54, 1.807) is 4.68 Å². The second-order valence-electron chi connectivity index (χ2n) is 7.38. The minimum atomic E-state index is -0.250. The maximum atomic E-state index is 8.36. The summed E-state index contributed by atoms with van der Waals surface area (Å²) in [5.74, 6) is 1.06. The Bertz CT molecular complexity index is 927. The van der Waals surface area contributed by atoms with Gasteiger partial charge < -0.3 is 14.4 Å². The lowest BCUT2D eigenvalue weighted by molar-refractivity contribution is -0.122. The van der Waals surface area contributed by atoms with Crippen LogP contribution in [0.2, 0.25) is 0 Å². The highest BCUT2D eigenvalue weighted by atomic mass is 16.5. The topological polar surface area (TPSA) is 98.3 Å². The first-order chi connectivity index (χ1) is 13.5. The molecule has 3 aromatic rings. The van der Waals surface area contributed by atoms with Gasteiger partial charge in [0, 0.05) is 50.2 Å². The smallest absolute Gasteiger partial charge is 0.290 e. The number of nitrogens with zero attached hydrogens (tertiary/aromatic N) is 6. The van der Waals surface area contributed by atoms with Gasteiger partial charge >= 0.3 is 0 Å². The van der Waals surface area contributed by atoms with Crippen LogP contribution in [0.3, 0.4) is 0 Å². The van der Waals surface area contributed by atoms with Gasteiger partial charge in [0.05, 0.1) is 18.7 Å². The van der Waals surface area contributed by atoms with E-state index in [9.17, 15) is 0 Å². The van der Waals surface area contributed by atoms with E-state index in [-0.39, 0.29) is 11.9 Å². The normalized spacial score (nSPS) is 15.2. The van der Waals surface area contributed by atoms with Crippen molar-refractivity contribution in [1.29, 1.82) is 0 Å². The van der Waals surface area contributed by atoms with Crippen LogP contribution in [0.4, 0.5) is 0 Å². The predicted octanol–water partition coefficient (Wildman–Crippen LogP) is 1.46. The summed E-state index contributed by atoms with van der Waals surface area (Å²) in [6, 6.07) is 6.23. The lowest BCUT2D eigenvalue weighted by Gasteiger charge is -2.34. The van der Waals surface area contributed by atoms with Gasteiger partial charge in [0.15, 0.2) is 0 Å². The summed E-state index contributed by atoms with van der Waals surface area (Å²) < 4.78 is 9.41. The first-order valence-corrected chi connectivity index (χ1v) is 9.18. The third-order valence-electron chi connectivity index (χ3n) is 4.84. The van der Waals surface area contributed by atoms with Gasteiger partial charge in [-0.25, -0.2) is 9.67 Å². The number of hydrogen-bond acceptors (Lipinski definition) is 6. The molecular formula is C19H26N6O3. The van der Waals surface area contributed by atoms with Crippen molar-refractivity contribution in [2.75, 3.05) is 32.8 Å². The molecule has 4 rings (SSSR count). The predicted molar refractivity (Wildman–Crippen MR) is 105 cm³/mol. The van der Waals surface area contributed by atoms with E-state index in [0.29, 0.717) is 0 Å². The van der Waals surface area contributed by atoms with Gasteiger partial charge in [0.2, 0.25) is 0 Å². The minimum Gasteiger partial charge on any atom is -0.483 e. The van der Waals surface area contributed by atoms with Crippen molar-refractivity contribution in [1.82, 2.24) is 29.4 Å². The van der Waals surface area contributed by atoms with Gasteiger partial charge in [-0.3, -0.25) is 9.69 Å². The van der Waals surface area contributed by atoms with Gasteiger partial charge in [-0.2, -0.15) is 0 Å². The maximum Gasteiger partial charge on any atom is 0.290 e. The van der Waals surface area contributed by atoms with Gasteiger partial charge in [0.25, 0.3) is 6.47 Å². The molecular weight excluding hydrogens is 360 g/mol. The molecule has 1 aliphatic heterocycles. The van der Waals surface area contributed by atoms with Crippen LogP contribution in [0.1, 0.15) is 19.7 Å². The van der Waals surface area contributed by atoms with Crippen LogP contribution in [0.25, 0.3) is 16.7 Å². The Morgan fingerprint density at radius 3 is 2.71 bits per heavy atom. The second kappa shape index (κ2) is 8.49. The number of morpholine rings is 1. The van der Waals surface area contributed by atoms with Crippen LogP contribution >= 0.6 is 0 Å². The van der Waals surface area contributed by atoms with E-state index >= 15 is 0 Å². The van der Waals surface area contributed by atoms with Gasteiger partial charge in [0.1, 0.15) is 11.3 Å². The lowest BCUT2D eigenvalue weighted by atomic mass is 9.91. The fraction of sp³-hybridized carbons (Fsp3) is 0.474. The maximum absolute atomic E-state index is 8.36. The Kier molecular flexibility index (Phi) is 6.05. The Morgan fingerprint density at radius 2 is 2.00 bits per heavy atom. The molecule has 1 fully saturated rings. The molecule has 0 aliphatic carbocycles. The Labute approximate surface area is 163 Å². The van der Waals surface area contributed by atoms with Gasteiger partial charge in [-0.15, -0.1) is 5.10 Å². The zero-order chi connectivity index (χ0) is 20.1. The van der Waals surface area contributed by atoms with Crippen LogP contribution in [-0.4, -0.2) is 73.9 Å². The fourth-order valence-corrected chi connectivity index (χ4v) is 3.58. The van der Waals surface area contributed by atoms with E-state index < -0.39 is 0 Å². The summed E-state index contributed by atoms with van der Waals surface area (Å²) in [6.45, 7) is 8.80. The number of rotatable bonds is 4. The van der Waals surface area contributed by atoms with Crippen LogP contribution in [0, 0.1) is 0 Å². The first-order valence-electron chi connectivity index (χ1n) is 9.18. The van der Waals surface area contributed by atoms with Crippen LogP contribution in [0.5, 0.6) is 0 Å². The molecule has 0 atom stereocenters. The van der Waals surface area contributed by atoms with E-state index in [2.05, 4.69) is 56.8 Å². The zero-order valence-corrected chi connectivity index (χ0v) is 16.4. The number of carbonyl (C=O) groups is 1. The highest BCUT2D eigenvalue weighted by molar-refractivity contribution is 5.76. The monoisotopic (exact) mass is 386 g/mol. The summed E-state index contributed by atoms with van der Waals surface area (Å²) in [4.78, 5) is 15.5. The Hall–Kier alpha value is -2.78. The molecule has 9 nitrogen and oxygen atoms in total. The molecule has 2 aromatic heterocycles. The van der Waals surface area contributed by atoms with Crippen LogP contribution in [-0.2, 0) is 22.0 Å². The largest absolute Gasteiger partial charge is 0.483 e. The van der Waals surface area contributed by atoms with Crippen molar-refractivity contribution in [2.45, 2.75) is 19.3 Å². The van der Waals surface area contributed by atoms with E-state index in [1.165, 1.54) is 0 Å². The summed E-state index contributed by atoms with van der Waals surface area (Å²) >= 11 is 0. The van der Waals surface area contributed by atoms with Crippen molar-refractivity contribution in [3.8, 4) is 5.69 Å². The molecule has 28 heavy (non-hydrogen) atoms. The molecule has 150 valence electrons. The third kappa shape index (κ3) is 4.20. The van der Waals surface area contributed by atoms with Crippen molar-refractivity contribution < 1.29 is 14.6 Å². The molecule has 1 aliphatic rings. The molecule has 0 bridgehead atoms.